The van der Waals surface area contributed by atoms with Crippen LogP contribution >= 0.6 is 11.8 Å². The van der Waals surface area contributed by atoms with Crippen LogP contribution in [0.2, 0.25) is 0 Å². The van der Waals surface area contributed by atoms with Crippen molar-refractivity contribution in [2.75, 3.05) is 31.1 Å². The van der Waals surface area contributed by atoms with Gasteiger partial charge in [0.05, 0.1) is 0 Å². The lowest BCUT2D eigenvalue weighted by Crippen LogP contribution is -2.48. The maximum atomic E-state index is 13.0. The van der Waals surface area contributed by atoms with E-state index in [1.165, 1.54) is 5.56 Å². The van der Waals surface area contributed by atoms with Crippen LogP contribution in [0.15, 0.2) is 83.0 Å². The number of rotatable bonds is 7. The fourth-order valence-electron chi connectivity index (χ4n) is 4.96. The van der Waals surface area contributed by atoms with Crippen LogP contribution in [0.5, 0.6) is 0 Å². The predicted octanol–water partition coefficient (Wildman–Crippen LogP) is 4.63. The molecule has 2 aliphatic rings. The SMILES string of the molecule is O=C(NC1CCN(Cc2ccccc2)CC1)C1CCN(c2nccnc2Sc2ccccc2)CC1. The second kappa shape index (κ2) is 11.7. The topological polar surface area (TPSA) is 61.4 Å². The average Bonchev–Trinajstić information content (AvgIpc) is 2.91. The van der Waals surface area contributed by atoms with Crippen molar-refractivity contribution >= 4 is 23.5 Å². The number of hydrogen-bond donors (Lipinski definition) is 1. The highest BCUT2D eigenvalue weighted by Crippen LogP contribution is 2.33. The Bertz CT molecular complexity index is 1080. The Morgan fingerprint density at radius 3 is 2.23 bits per heavy atom. The number of benzene rings is 2. The van der Waals surface area contributed by atoms with E-state index >= 15 is 0 Å². The third-order valence-electron chi connectivity index (χ3n) is 6.95. The standard InChI is InChI=1S/C28H33N5OS/c34-27(31-24-13-17-32(18-14-24)21-22-7-3-1-4-8-22)23-11-19-33(20-12-23)26-28(30-16-15-29-26)35-25-9-5-2-6-10-25/h1-10,15-16,23-24H,11-14,17-21H2,(H,31,34). The molecule has 0 spiro atoms. The molecule has 182 valence electrons. The van der Waals surface area contributed by atoms with Gasteiger partial charge in [-0.05, 0) is 43.4 Å². The molecular formula is C28H33N5OS. The summed E-state index contributed by atoms with van der Waals surface area (Å²) >= 11 is 1.64. The van der Waals surface area contributed by atoms with Crippen molar-refractivity contribution in [2.45, 2.75) is 48.2 Å². The molecule has 2 aromatic carbocycles. The van der Waals surface area contributed by atoms with Crippen LogP contribution in [0.3, 0.4) is 0 Å². The van der Waals surface area contributed by atoms with E-state index in [1.807, 2.05) is 18.2 Å². The molecule has 1 aromatic heterocycles. The second-order valence-corrected chi connectivity index (χ2v) is 10.5. The summed E-state index contributed by atoms with van der Waals surface area (Å²) in [6.07, 6.45) is 7.26. The van der Waals surface area contributed by atoms with E-state index in [9.17, 15) is 4.79 Å². The van der Waals surface area contributed by atoms with Gasteiger partial charge in [0.1, 0.15) is 5.03 Å². The van der Waals surface area contributed by atoms with Crippen LogP contribution in [0.1, 0.15) is 31.2 Å². The van der Waals surface area contributed by atoms with Gasteiger partial charge in [0.25, 0.3) is 0 Å². The maximum absolute atomic E-state index is 13.0. The van der Waals surface area contributed by atoms with E-state index in [-0.39, 0.29) is 11.8 Å². The van der Waals surface area contributed by atoms with Crippen molar-refractivity contribution in [1.29, 1.82) is 0 Å². The van der Waals surface area contributed by atoms with Gasteiger partial charge in [-0.25, -0.2) is 9.97 Å². The van der Waals surface area contributed by atoms with E-state index in [2.05, 4.69) is 67.5 Å². The number of nitrogens with zero attached hydrogens (tertiary/aromatic N) is 4. The Balaban J connectivity index is 1.09. The zero-order valence-corrected chi connectivity index (χ0v) is 20.9. The molecule has 0 radical (unpaired) electrons. The number of hydrogen-bond acceptors (Lipinski definition) is 6. The van der Waals surface area contributed by atoms with Gasteiger partial charge in [-0.2, -0.15) is 0 Å². The van der Waals surface area contributed by atoms with Crippen LogP contribution in [0.25, 0.3) is 0 Å². The summed E-state index contributed by atoms with van der Waals surface area (Å²) in [6, 6.07) is 21.2. The predicted molar refractivity (Wildman–Crippen MR) is 140 cm³/mol. The Labute approximate surface area is 212 Å². The molecule has 0 bridgehead atoms. The lowest BCUT2D eigenvalue weighted by molar-refractivity contribution is -0.126. The first kappa shape index (κ1) is 23.8. The van der Waals surface area contributed by atoms with E-state index in [0.717, 1.165) is 74.1 Å². The Morgan fingerprint density at radius 2 is 1.51 bits per heavy atom. The molecule has 2 saturated heterocycles. The third-order valence-corrected chi connectivity index (χ3v) is 7.94. The molecule has 35 heavy (non-hydrogen) atoms. The summed E-state index contributed by atoms with van der Waals surface area (Å²) < 4.78 is 0. The number of aromatic nitrogens is 2. The van der Waals surface area contributed by atoms with Crippen LogP contribution in [0, 0.1) is 5.92 Å². The second-order valence-electron chi connectivity index (χ2n) is 9.41. The molecule has 3 aromatic rings. The fraction of sp³-hybridized carbons (Fsp3) is 0.393. The Kier molecular flexibility index (Phi) is 7.96. The van der Waals surface area contributed by atoms with Crippen molar-refractivity contribution in [1.82, 2.24) is 20.2 Å². The number of carbonyl (C=O) groups excluding carboxylic acids is 1. The first-order valence-corrected chi connectivity index (χ1v) is 13.4. The summed E-state index contributed by atoms with van der Waals surface area (Å²) in [5, 5.41) is 4.28. The zero-order valence-electron chi connectivity index (χ0n) is 20.1. The van der Waals surface area contributed by atoms with Gasteiger partial charge >= 0.3 is 0 Å². The zero-order chi connectivity index (χ0) is 23.9. The lowest BCUT2D eigenvalue weighted by atomic mass is 9.94. The van der Waals surface area contributed by atoms with Gasteiger partial charge in [0.15, 0.2) is 5.82 Å². The Hall–Kier alpha value is -2.90. The molecule has 7 heteroatoms. The number of anilines is 1. The summed E-state index contributed by atoms with van der Waals surface area (Å²) in [6.45, 7) is 4.72. The Morgan fingerprint density at radius 1 is 0.857 bits per heavy atom. The molecule has 2 fully saturated rings. The minimum atomic E-state index is 0.0792. The minimum absolute atomic E-state index is 0.0792. The van der Waals surface area contributed by atoms with Crippen molar-refractivity contribution in [2.24, 2.45) is 5.92 Å². The van der Waals surface area contributed by atoms with Gasteiger partial charge in [-0.15, -0.1) is 0 Å². The first-order chi connectivity index (χ1) is 17.2. The van der Waals surface area contributed by atoms with E-state index in [4.69, 9.17) is 0 Å². The van der Waals surface area contributed by atoms with Crippen LogP contribution < -0.4 is 10.2 Å². The smallest absolute Gasteiger partial charge is 0.223 e. The number of likely N-dealkylation sites (tertiary alicyclic amines) is 1. The molecule has 0 unspecified atom stereocenters. The lowest BCUT2D eigenvalue weighted by Gasteiger charge is -2.35. The summed E-state index contributed by atoms with van der Waals surface area (Å²) in [5.74, 6) is 1.23. The van der Waals surface area contributed by atoms with Gasteiger partial charge in [-0.1, -0.05) is 60.3 Å². The largest absolute Gasteiger partial charge is 0.354 e. The molecule has 1 N–H and O–H groups in total. The molecule has 0 atom stereocenters. The number of nitrogens with one attached hydrogen (secondary N) is 1. The van der Waals surface area contributed by atoms with Crippen molar-refractivity contribution in [3.05, 3.63) is 78.6 Å². The molecule has 6 nitrogen and oxygen atoms in total. The van der Waals surface area contributed by atoms with Crippen molar-refractivity contribution in [3.63, 3.8) is 0 Å². The van der Waals surface area contributed by atoms with Gasteiger partial charge in [0.2, 0.25) is 5.91 Å². The minimum Gasteiger partial charge on any atom is -0.354 e. The normalized spacial score (nSPS) is 17.9. The highest BCUT2D eigenvalue weighted by molar-refractivity contribution is 7.99. The first-order valence-electron chi connectivity index (χ1n) is 12.6. The molecule has 1 amide bonds. The average molecular weight is 488 g/mol. The summed E-state index contributed by atoms with van der Waals surface area (Å²) in [5.41, 5.74) is 1.36. The highest BCUT2D eigenvalue weighted by atomic mass is 32.2. The molecule has 0 saturated carbocycles. The van der Waals surface area contributed by atoms with Crippen LogP contribution in [-0.4, -0.2) is 53.0 Å². The van der Waals surface area contributed by atoms with Crippen LogP contribution in [0.4, 0.5) is 5.82 Å². The van der Waals surface area contributed by atoms with Gasteiger partial charge in [0, 0.05) is 62.0 Å². The molecule has 5 rings (SSSR count). The molecule has 2 aliphatic heterocycles. The summed E-state index contributed by atoms with van der Waals surface area (Å²) in [7, 11) is 0. The number of piperidine rings is 2. The molecular weight excluding hydrogens is 454 g/mol. The number of carbonyl (C=O) groups is 1. The van der Waals surface area contributed by atoms with Crippen LogP contribution in [-0.2, 0) is 11.3 Å². The molecule has 3 heterocycles. The highest BCUT2D eigenvalue weighted by Gasteiger charge is 2.29. The molecule has 0 aliphatic carbocycles. The monoisotopic (exact) mass is 487 g/mol. The third kappa shape index (κ3) is 6.41. The quantitative estimate of drug-likeness (QED) is 0.525. The van der Waals surface area contributed by atoms with Gasteiger partial charge < -0.3 is 10.2 Å². The number of amides is 1. The van der Waals surface area contributed by atoms with Gasteiger partial charge in [-0.3, -0.25) is 9.69 Å². The maximum Gasteiger partial charge on any atom is 0.223 e. The van der Waals surface area contributed by atoms with E-state index < -0.39 is 0 Å². The van der Waals surface area contributed by atoms with E-state index in [0.29, 0.717) is 6.04 Å². The van der Waals surface area contributed by atoms with Crippen molar-refractivity contribution < 1.29 is 4.79 Å². The summed E-state index contributed by atoms with van der Waals surface area (Å²) in [4.78, 5) is 28.2. The van der Waals surface area contributed by atoms with E-state index in [1.54, 1.807) is 24.2 Å². The fourth-order valence-corrected chi connectivity index (χ4v) is 5.86. The van der Waals surface area contributed by atoms with Crippen molar-refractivity contribution in [3.8, 4) is 0 Å².